The summed E-state index contributed by atoms with van der Waals surface area (Å²) in [6, 6.07) is 2.54. The van der Waals surface area contributed by atoms with E-state index in [-0.39, 0.29) is 17.5 Å². The Labute approximate surface area is 124 Å². The molecule has 5 nitrogen and oxygen atoms in total. The van der Waals surface area contributed by atoms with Crippen LogP contribution in [0.1, 0.15) is 5.56 Å². The standard InChI is InChI=1S/C11H8BrF4N5/c12-7-4-18-10(21-17)20-9(7)19-5-1-2-8(13)6(3-5)11(14,15)16/h1-4H,17H2,(H2,18,19,20,21). The Morgan fingerprint density at radius 3 is 2.57 bits per heavy atom. The van der Waals surface area contributed by atoms with Crippen molar-refractivity contribution in [2.75, 3.05) is 10.7 Å². The lowest BCUT2D eigenvalue weighted by Gasteiger charge is -2.12. The molecule has 0 radical (unpaired) electrons. The molecule has 0 unspecified atom stereocenters. The van der Waals surface area contributed by atoms with Crippen LogP contribution in [0.15, 0.2) is 28.9 Å². The van der Waals surface area contributed by atoms with Gasteiger partial charge in [-0.25, -0.2) is 15.2 Å². The Morgan fingerprint density at radius 2 is 1.95 bits per heavy atom. The van der Waals surface area contributed by atoms with E-state index in [0.717, 1.165) is 12.1 Å². The van der Waals surface area contributed by atoms with E-state index in [1.54, 1.807) is 0 Å². The van der Waals surface area contributed by atoms with Gasteiger partial charge >= 0.3 is 6.18 Å². The van der Waals surface area contributed by atoms with Gasteiger partial charge in [0.2, 0.25) is 5.95 Å². The fourth-order valence-corrected chi connectivity index (χ4v) is 1.77. The fourth-order valence-electron chi connectivity index (χ4n) is 1.48. The number of aromatic nitrogens is 2. The number of hydrogen-bond donors (Lipinski definition) is 3. The monoisotopic (exact) mass is 365 g/mol. The highest BCUT2D eigenvalue weighted by Gasteiger charge is 2.34. The van der Waals surface area contributed by atoms with Gasteiger partial charge in [-0.1, -0.05) is 0 Å². The molecule has 112 valence electrons. The second-order valence-corrected chi connectivity index (χ2v) is 4.71. The number of nitrogens with zero attached hydrogens (tertiary/aromatic N) is 2. The number of rotatable bonds is 3. The van der Waals surface area contributed by atoms with Gasteiger partial charge in [-0.05, 0) is 34.1 Å². The van der Waals surface area contributed by atoms with Gasteiger partial charge in [-0.15, -0.1) is 0 Å². The largest absolute Gasteiger partial charge is 0.419 e. The Hall–Kier alpha value is -1.94. The van der Waals surface area contributed by atoms with Crippen molar-refractivity contribution in [1.82, 2.24) is 9.97 Å². The van der Waals surface area contributed by atoms with Crippen molar-refractivity contribution in [2.24, 2.45) is 5.84 Å². The van der Waals surface area contributed by atoms with E-state index in [0.29, 0.717) is 10.5 Å². The third kappa shape index (κ3) is 3.58. The van der Waals surface area contributed by atoms with Crippen LogP contribution < -0.4 is 16.6 Å². The van der Waals surface area contributed by atoms with Crippen LogP contribution >= 0.6 is 15.9 Å². The lowest BCUT2D eigenvalue weighted by Crippen LogP contribution is -2.12. The number of halogens is 5. The minimum atomic E-state index is -4.78. The van der Waals surface area contributed by atoms with Crippen molar-refractivity contribution >= 4 is 33.4 Å². The van der Waals surface area contributed by atoms with Gasteiger partial charge in [0.25, 0.3) is 0 Å². The molecule has 21 heavy (non-hydrogen) atoms. The van der Waals surface area contributed by atoms with Gasteiger partial charge in [0.15, 0.2) is 0 Å². The van der Waals surface area contributed by atoms with E-state index >= 15 is 0 Å². The third-order valence-corrected chi connectivity index (χ3v) is 2.99. The normalized spacial score (nSPS) is 11.3. The molecule has 0 aliphatic carbocycles. The van der Waals surface area contributed by atoms with Gasteiger partial charge < -0.3 is 5.32 Å². The maximum Gasteiger partial charge on any atom is 0.419 e. The number of nitrogens with one attached hydrogen (secondary N) is 2. The molecule has 4 N–H and O–H groups in total. The lowest BCUT2D eigenvalue weighted by molar-refractivity contribution is -0.139. The first kappa shape index (κ1) is 15.4. The van der Waals surface area contributed by atoms with E-state index < -0.39 is 17.6 Å². The summed E-state index contributed by atoms with van der Waals surface area (Å²) in [6.07, 6.45) is -3.42. The summed E-state index contributed by atoms with van der Waals surface area (Å²) in [4.78, 5) is 7.72. The van der Waals surface area contributed by atoms with Crippen LogP contribution in [-0.4, -0.2) is 9.97 Å². The zero-order valence-corrected chi connectivity index (χ0v) is 11.8. The number of alkyl halides is 3. The molecule has 0 bridgehead atoms. The predicted octanol–water partition coefficient (Wildman–Crippen LogP) is 3.43. The molecule has 2 aromatic rings. The highest BCUT2D eigenvalue weighted by molar-refractivity contribution is 9.10. The second kappa shape index (κ2) is 5.82. The molecule has 0 aliphatic heterocycles. The number of benzene rings is 1. The summed E-state index contributed by atoms with van der Waals surface area (Å²) < 4.78 is 51.5. The number of hydrogen-bond acceptors (Lipinski definition) is 5. The zero-order valence-electron chi connectivity index (χ0n) is 10.2. The van der Waals surface area contributed by atoms with Gasteiger partial charge in [0, 0.05) is 11.9 Å². The Kier molecular flexibility index (Phi) is 4.28. The molecule has 10 heteroatoms. The van der Waals surface area contributed by atoms with Crippen LogP contribution in [0.5, 0.6) is 0 Å². The number of hydrazine groups is 1. The van der Waals surface area contributed by atoms with Gasteiger partial charge in [0.1, 0.15) is 11.6 Å². The molecule has 0 saturated carbocycles. The second-order valence-electron chi connectivity index (χ2n) is 3.85. The van der Waals surface area contributed by atoms with Crippen LogP contribution in [0, 0.1) is 5.82 Å². The van der Waals surface area contributed by atoms with Crippen LogP contribution in [0.25, 0.3) is 0 Å². The van der Waals surface area contributed by atoms with Crippen LogP contribution in [-0.2, 0) is 6.18 Å². The van der Waals surface area contributed by atoms with E-state index in [9.17, 15) is 17.6 Å². The van der Waals surface area contributed by atoms with Gasteiger partial charge in [0.05, 0.1) is 10.0 Å². The Bertz CT molecular complexity index is 662. The van der Waals surface area contributed by atoms with Gasteiger partial charge in [-0.3, -0.25) is 5.43 Å². The number of nitrogens with two attached hydrogens (primary N) is 1. The zero-order chi connectivity index (χ0) is 15.6. The van der Waals surface area contributed by atoms with Crippen molar-refractivity contribution in [3.63, 3.8) is 0 Å². The lowest BCUT2D eigenvalue weighted by atomic mass is 10.2. The first-order chi connectivity index (χ1) is 9.81. The quantitative estimate of drug-likeness (QED) is 0.441. The van der Waals surface area contributed by atoms with E-state index in [2.05, 4.69) is 36.6 Å². The van der Waals surface area contributed by atoms with Crippen molar-refractivity contribution in [3.8, 4) is 0 Å². The summed E-state index contributed by atoms with van der Waals surface area (Å²) in [7, 11) is 0. The highest BCUT2D eigenvalue weighted by Crippen LogP contribution is 2.34. The maximum absolute atomic E-state index is 13.2. The summed E-state index contributed by atoms with van der Waals surface area (Å²) in [5, 5.41) is 2.63. The predicted molar refractivity (Wildman–Crippen MR) is 72.2 cm³/mol. The van der Waals surface area contributed by atoms with E-state index in [4.69, 9.17) is 5.84 Å². The topological polar surface area (TPSA) is 75.9 Å². The minimum Gasteiger partial charge on any atom is -0.339 e. The molecule has 1 aromatic carbocycles. The Balaban J connectivity index is 2.36. The van der Waals surface area contributed by atoms with Crippen molar-refractivity contribution in [3.05, 3.63) is 40.2 Å². The third-order valence-electron chi connectivity index (χ3n) is 2.41. The van der Waals surface area contributed by atoms with Crippen LogP contribution in [0.2, 0.25) is 0 Å². The number of anilines is 3. The molecule has 1 heterocycles. The summed E-state index contributed by atoms with van der Waals surface area (Å²) in [5.74, 6) is 4.05. The summed E-state index contributed by atoms with van der Waals surface area (Å²) in [6.45, 7) is 0. The first-order valence-corrected chi connectivity index (χ1v) is 6.23. The molecule has 0 saturated heterocycles. The molecule has 1 aromatic heterocycles. The van der Waals surface area contributed by atoms with Crippen molar-refractivity contribution in [1.29, 1.82) is 0 Å². The summed E-state index contributed by atoms with van der Waals surface area (Å²) >= 11 is 3.14. The van der Waals surface area contributed by atoms with Crippen LogP contribution in [0.3, 0.4) is 0 Å². The SMILES string of the molecule is NNc1ncc(Br)c(Nc2ccc(F)c(C(F)(F)F)c2)n1. The molecule has 0 amide bonds. The minimum absolute atomic E-state index is 0.0195. The van der Waals surface area contributed by atoms with Crippen molar-refractivity contribution < 1.29 is 17.6 Å². The maximum atomic E-state index is 13.2. The first-order valence-electron chi connectivity index (χ1n) is 5.44. The molecule has 0 spiro atoms. The highest BCUT2D eigenvalue weighted by atomic mass is 79.9. The smallest absolute Gasteiger partial charge is 0.339 e. The molecule has 2 rings (SSSR count). The van der Waals surface area contributed by atoms with E-state index in [1.165, 1.54) is 6.20 Å². The Morgan fingerprint density at radius 1 is 1.24 bits per heavy atom. The van der Waals surface area contributed by atoms with Crippen LogP contribution in [0.4, 0.5) is 35.0 Å². The molecule has 0 atom stereocenters. The summed E-state index contributed by atoms with van der Waals surface area (Å²) in [5.41, 5.74) is 0.856. The fraction of sp³-hybridized carbons (Fsp3) is 0.0909. The van der Waals surface area contributed by atoms with E-state index in [1.807, 2.05) is 0 Å². The molecular formula is C11H8BrF4N5. The average Bonchev–Trinajstić information content (AvgIpc) is 2.42. The molecule has 0 fully saturated rings. The van der Waals surface area contributed by atoms with Crippen molar-refractivity contribution in [2.45, 2.75) is 6.18 Å². The molecular weight excluding hydrogens is 358 g/mol. The number of nitrogen functional groups attached to an aromatic ring is 1. The van der Waals surface area contributed by atoms with Gasteiger partial charge in [-0.2, -0.15) is 18.2 Å². The molecule has 0 aliphatic rings. The average molecular weight is 366 g/mol.